The van der Waals surface area contributed by atoms with Gasteiger partial charge in [0.25, 0.3) is 0 Å². The van der Waals surface area contributed by atoms with Crippen LogP contribution in [0.5, 0.6) is 5.75 Å². The van der Waals surface area contributed by atoms with E-state index in [2.05, 4.69) is 13.8 Å². The van der Waals surface area contributed by atoms with Crippen LogP contribution in [-0.2, 0) is 4.74 Å². The third kappa shape index (κ3) is 11.6. The molecule has 0 aliphatic heterocycles. The molecule has 0 aromatic heterocycles. The summed E-state index contributed by atoms with van der Waals surface area (Å²) in [5.41, 5.74) is 3.87. The third-order valence-electron chi connectivity index (χ3n) is 7.38. The van der Waals surface area contributed by atoms with Gasteiger partial charge in [-0.2, -0.15) is 13.2 Å². The van der Waals surface area contributed by atoms with Crippen LogP contribution in [0.4, 0.5) is 13.2 Å². The predicted octanol–water partition coefficient (Wildman–Crippen LogP) is 11.4. The van der Waals surface area contributed by atoms with Crippen molar-refractivity contribution in [3.05, 3.63) is 90.5 Å². The highest BCUT2D eigenvalue weighted by Crippen LogP contribution is 2.33. The van der Waals surface area contributed by atoms with Gasteiger partial charge < -0.3 is 9.47 Å². The number of alkyl halides is 3. The monoisotopic (exact) mass is 594 g/mol. The molecule has 3 aromatic rings. The fourth-order valence-electron chi connectivity index (χ4n) is 4.88. The van der Waals surface area contributed by atoms with Crippen LogP contribution in [0, 0.1) is 0 Å². The number of hydrogen-bond acceptors (Lipinski definition) is 3. The molecule has 0 amide bonds. The van der Waals surface area contributed by atoms with Crippen molar-refractivity contribution >= 4 is 5.97 Å². The first-order valence-electron chi connectivity index (χ1n) is 15.7. The quantitative estimate of drug-likeness (QED) is 0.0835. The Labute approximate surface area is 255 Å². The Kier molecular flexibility index (Phi) is 14.4. The Morgan fingerprint density at radius 2 is 1.26 bits per heavy atom. The summed E-state index contributed by atoms with van der Waals surface area (Å²) in [5.74, 6) is -0.171. The van der Waals surface area contributed by atoms with E-state index < -0.39 is 18.2 Å². The van der Waals surface area contributed by atoms with E-state index in [0.29, 0.717) is 13.0 Å². The smallest absolute Gasteiger partial charge is 0.429 e. The topological polar surface area (TPSA) is 35.5 Å². The highest BCUT2D eigenvalue weighted by Gasteiger charge is 2.41. The van der Waals surface area contributed by atoms with Crippen molar-refractivity contribution in [2.24, 2.45) is 0 Å². The molecule has 0 aliphatic rings. The van der Waals surface area contributed by atoms with Crippen LogP contribution in [0.3, 0.4) is 0 Å². The van der Waals surface area contributed by atoms with Gasteiger partial charge in [0.05, 0.1) is 12.2 Å². The van der Waals surface area contributed by atoms with Gasteiger partial charge in [-0.3, -0.25) is 0 Å². The molecule has 43 heavy (non-hydrogen) atoms. The number of rotatable bonds is 18. The maximum atomic E-state index is 13.5. The summed E-state index contributed by atoms with van der Waals surface area (Å²) in [6.07, 6.45) is 7.14. The molecule has 0 heterocycles. The van der Waals surface area contributed by atoms with Crippen LogP contribution in [-0.4, -0.2) is 24.9 Å². The van der Waals surface area contributed by atoms with Gasteiger partial charge in [0.1, 0.15) is 5.75 Å². The zero-order valence-corrected chi connectivity index (χ0v) is 25.5. The van der Waals surface area contributed by atoms with Crippen molar-refractivity contribution < 1.29 is 27.4 Å². The Balaban J connectivity index is 1.63. The predicted molar refractivity (Wildman–Crippen MR) is 169 cm³/mol. The highest BCUT2D eigenvalue weighted by molar-refractivity contribution is 5.91. The Morgan fingerprint density at radius 1 is 0.721 bits per heavy atom. The molecule has 3 nitrogen and oxygen atoms in total. The number of unbranched alkanes of at least 4 members (excludes halogenated alkanes) is 9. The fraction of sp³-hybridized carbons (Fsp3) is 0.432. The molecule has 0 spiro atoms. The lowest BCUT2D eigenvalue weighted by Gasteiger charge is -2.18. The van der Waals surface area contributed by atoms with Gasteiger partial charge in [-0.1, -0.05) is 120 Å². The Bertz CT molecular complexity index is 1250. The zero-order chi connectivity index (χ0) is 30.9. The lowest BCUT2D eigenvalue weighted by molar-refractivity contribution is -0.189. The van der Waals surface area contributed by atoms with Gasteiger partial charge >= 0.3 is 12.1 Å². The van der Waals surface area contributed by atoms with Gasteiger partial charge in [0.15, 0.2) is 0 Å². The molecule has 0 saturated heterocycles. The number of carbonyl (C=O) groups excluding carboxylic acids is 1. The molecule has 232 valence electrons. The SMILES string of the molecule is CCCCCC/C=C/C(OC(=O)c1ccc(-c2ccccc2-c2ccc(OCCCCCCCC)cc2)cc1)C(F)(F)F. The maximum absolute atomic E-state index is 13.5. The van der Waals surface area contributed by atoms with E-state index in [1.165, 1.54) is 50.3 Å². The second-order valence-corrected chi connectivity index (χ2v) is 10.9. The molecule has 0 aliphatic carbocycles. The fourth-order valence-corrected chi connectivity index (χ4v) is 4.88. The summed E-state index contributed by atoms with van der Waals surface area (Å²) >= 11 is 0. The van der Waals surface area contributed by atoms with Crippen LogP contribution in [0.2, 0.25) is 0 Å². The summed E-state index contributed by atoms with van der Waals surface area (Å²) in [6.45, 7) is 5.00. The average molecular weight is 595 g/mol. The van der Waals surface area contributed by atoms with Crippen molar-refractivity contribution in [2.45, 2.75) is 96.8 Å². The summed E-state index contributed by atoms with van der Waals surface area (Å²) in [4.78, 5) is 12.6. The second kappa shape index (κ2) is 18.2. The van der Waals surface area contributed by atoms with Gasteiger partial charge in [0, 0.05) is 0 Å². The molecule has 0 N–H and O–H groups in total. The minimum Gasteiger partial charge on any atom is -0.494 e. The summed E-state index contributed by atoms with van der Waals surface area (Å²) in [6, 6.07) is 22.4. The summed E-state index contributed by atoms with van der Waals surface area (Å²) in [7, 11) is 0. The van der Waals surface area contributed by atoms with E-state index in [0.717, 1.165) is 66.2 Å². The number of esters is 1. The molecule has 1 atom stereocenters. The van der Waals surface area contributed by atoms with Crippen LogP contribution >= 0.6 is 0 Å². The van der Waals surface area contributed by atoms with Crippen molar-refractivity contribution in [1.29, 1.82) is 0 Å². The van der Waals surface area contributed by atoms with Gasteiger partial charge in [-0.25, -0.2) is 4.79 Å². The van der Waals surface area contributed by atoms with Crippen LogP contribution < -0.4 is 4.74 Å². The van der Waals surface area contributed by atoms with Crippen molar-refractivity contribution in [2.75, 3.05) is 6.61 Å². The van der Waals surface area contributed by atoms with Crippen LogP contribution in [0.1, 0.15) is 94.8 Å². The number of carbonyl (C=O) groups is 1. The van der Waals surface area contributed by atoms with E-state index in [1.807, 2.05) is 48.5 Å². The standard InChI is InChI=1S/C37H45F3O3/c1-3-5-7-9-11-13-19-35(37(38,39)40)43-36(41)31-22-20-29(21-23-31)33-17-14-15-18-34(33)30-24-26-32(27-25-30)42-28-16-12-10-8-6-4-2/h13-15,17-27,35H,3-12,16,28H2,1-2H3/b19-13+. The molecule has 0 fully saturated rings. The molecule has 0 bridgehead atoms. The molecule has 3 aromatic carbocycles. The van der Waals surface area contributed by atoms with Gasteiger partial charge in [-0.05, 0) is 71.9 Å². The minimum atomic E-state index is -4.68. The molecule has 0 radical (unpaired) electrons. The normalized spacial score (nSPS) is 12.4. The second-order valence-electron chi connectivity index (χ2n) is 10.9. The van der Waals surface area contributed by atoms with Crippen molar-refractivity contribution in [1.82, 2.24) is 0 Å². The number of ether oxygens (including phenoxy) is 2. The molecule has 3 rings (SSSR count). The lowest BCUT2D eigenvalue weighted by atomic mass is 9.94. The zero-order valence-electron chi connectivity index (χ0n) is 25.5. The minimum absolute atomic E-state index is 0.0682. The number of allylic oxidation sites excluding steroid dienone is 1. The third-order valence-corrected chi connectivity index (χ3v) is 7.38. The van der Waals surface area contributed by atoms with Gasteiger partial charge in [0.2, 0.25) is 6.10 Å². The first kappa shape index (κ1) is 34.0. The Morgan fingerprint density at radius 3 is 1.84 bits per heavy atom. The van der Waals surface area contributed by atoms with Crippen molar-refractivity contribution in [3.8, 4) is 28.0 Å². The number of benzene rings is 3. The van der Waals surface area contributed by atoms with Crippen molar-refractivity contribution in [3.63, 3.8) is 0 Å². The largest absolute Gasteiger partial charge is 0.494 e. The van der Waals surface area contributed by atoms with E-state index in [9.17, 15) is 18.0 Å². The van der Waals surface area contributed by atoms with Gasteiger partial charge in [-0.15, -0.1) is 0 Å². The lowest BCUT2D eigenvalue weighted by Crippen LogP contribution is -2.32. The first-order chi connectivity index (χ1) is 20.8. The number of hydrogen-bond donors (Lipinski definition) is 0. The summed E-state index contributed by atoms with van der Waals surface area (Å²) in [5, 5.41) is 0. The summed E-state index contributed by atoms with van der Waals surface area (Å²) < 4.78 is 51.4. The first-order valence-corrected chi connectivity index (χ1v) is 15.7. The Hall–Kier alpha value is -3.54. The molecule has 6 heteroatoms. The molecule has 1 unspecified atom stereocenters. The highest BCUT2D eigenvalue weighted by atomic mass is 19.4. The van der Waals surface area contributed by atoms with E-state index >= 15 is 0 Å². The molecular formula is C37H45F3O3. The van der Waals surface area contributed by atoms with E-state index in [1.54, 1.807) is 12.1 Å². The number of halogens is 3. The molecule has 0 saturated carbocycles. The van der Waals surface area contributed by atoms with Crippen LogP contribution in [0.15, 0.2) is 84.9 Å². The van der Waals surface area contributed by atoms with Crippen LogP contribution in [0.25, 0.3) is 22.3 Å². The van der Waals surface area contributed by atoms with E-state index in [4.69, 9.17) is 9.47 Å². The maximum Gasteiger partial charge on any atom is 0.429 e. The average Bonchev–Trinajstić information content (AvgIpc) is 3.01. The molecular weight excluding hydrogens is 549 g/mol. The van der Waals surface area contributed by atoms with E-state index in [-0.39, 0.29) is 5.56 Å².